The highest BCUT2D eigenvalue weighted by atomic mass is 32.1. The minimum atomic E-state index is -0.874. The Labute approximate surface area is 85.5 Å². The van der Waals surface area contributed by atoms with Crippen molar-refractivity contribution in [3.8, 4) is 0 Å². The molecule has 1 aliphatic heterocycles. The van der Waals surface area contributed by atoms with Gasteiger partial charge in [-0.25, -0.2) is 9.78 Å². The van der Waals surface area contributed by atoms with E-state index >= 15 is 0 Å². The van der Waals surface area contributed by atoms with Crippen molar-refractivity contribution in [2.75, 3.05) is 0 Å². The van der Waals surface area contributed by atoms with Gasteiger partial charge in [-0.15, -0.1) is 11.3 Å². The number of aromatic nitrogens is 1. The Bertz CT molecular complexity index is 350. The van der Waals surface area contributed by atoms with Crippen molar-refractivity contribution in [2.45, 2.75) is 32.0 Å². The van der Waals surface area contributed by atoms with Gasteiger partial charge in [0, 0.05) is 11.1 Å². The van der Waals surface area contributed by atoms with Crippen LogP contribution in [-0.2, 0) is 9.53 Å². The zero-order valence-electron chi connectivity index (χ0n) is 7.77. The van der Waals surface area contributed by atoms with Crippen LogP contribution in [0.3, 0.4) is 0 Å². The second kappa shape index (κ2) is 3.67. The fourth-order valence-electron chi connectivity index (χ4n) is 1.52. The molecule has 1 aromatic heterocycles. The summed E-state index contributed by atoms with van der Waals surface area (Å²) in [5.41, 5.74) is 0. The van der Waals surface area contributed by atoms with Crippen molar-refractivity contribution >= 4 is 17.3 Å². The third-order valence-electron chi connectivity index (χ3n) is 2.21. The van der Waals surface area contributed by atoms with Crippen molar-refractivity contribution in [2.24, 2.45) is 0 Å². The first-order valence-electron chi connectivity index (χ1n) is 4.47. The number of aliphatic carboxylic acids is 1. The molecule has 14 heavy (non-hydrogen) atoms. The quantitative estimate of drug-likeness (QED) is 0.813. The highest BCUT2D eigenvalue weighted by Gasteiger charge is 2.32. The van der Waals surface area contributed by atoms with Crippen molar-refractivity contribution in [3.63, 3.8) is 0 Å². The fourth-order valence-corrected chi connectivity index (χ4v) is 2.37. The van der Waals surface area contributed by atoms with E-state index in [1.54, 1.807) is 17.5 Å². The molecule has 0 amide bonds. The molecule has 2 unspecified atom stereocenters. The highest BCUT2D eigenvalue weighted by molar-refractivity contribution is 7.11. The number of rotatable bonds is 2. The molecule has 0 aromatic carbocycles. The molecule has 0 bridgehead atoms. The molecule has 0 spiro atoms. The summed E-state index contributed by atoms with van der Waals surface area (Å²) in [5, 5.41) is 9.64. The Morgan fingerprint density at radius 3 is 3.00 bits per heavy atom. The minimum Gasteiger partial charge on any atom is -0.479 e. The highest BCUT2D eigenvalue weighted by Crippen LogP contribution is 2.34. The second-order valence-electron chi connectivity index (χ2n) is 3.34. The summed E-state index contributed by atoms with van der Waals surface area (Å²) in [6, 6.07) is 0. The predicted molar refractivity (Wildman–Crippen MR) is 51.3 cm³/mol. The number of hydrogen-bond acceptors (Lipinski definition) is 4. The van der Waals surface area contributed by atoms with Gasteiger partial charge in [-0.1, -0.05) is 0 Å². The van der Waals surface area contributed by atoms with Crippen LogP contribution in [0.25, 0.3) is 0 Å². The topological polar surface area (TPSA) is 59.4 Å². The van der Waals surface area contributed by atoms with Crippen molar-refractivity contribution < 1.29 is 14.6 Å². The Hall–Kier alpha value is -0.940. The van der Waals surface area contributed by atoms with Gasteiger partial charge in [-0.05, 0) is 19.8 Å². The van der Waals surface area contributed by atoms with Crippen molar-refractivity contribution in [3.05, 3.63) is 16.1 Å². The van der Waals surface area contributed by atoms with E-state index in [2.05, 4.69) is 4.98 Å². The lowest BCUT2D eigenvalue weighted by Gasteiger charge is -2.07. The van der Waals surface area contributed by atoms with E-state index < -0.39 is 12.1 Å². The molecule has 1 fully saturated rings. The monoisotopic (exact) mass is 213 g/mol. The zero-order valence-corrected chi connectivity index (χ0v) is 8.58. The first-order chi connectivity index (χ1) is 6.66. The lowest BCUT2D eigenvalue weighted by Crippen LogP contribution is -2.18. The molecular weight excluding hydrogens is 202 g/mol. The Kier molecular flexibility index (Phi) is 2.52. The molecule has 76 valence electrons. The van der Waals surface area contributed by atoms with Gasteiger partial charge in [-0.2, -0.15) is 0 Å². The van der Waals surface area contributed by atoms with E-state index in [1.807, 2.05) is 6.92 Å². The minimum absolute atomic E-state index is 0.116. The fraction of sp³-hybridized carbons (Fsp3) is 0.556. The summed E-state index contributed by atoms with van der Waals surface area (Å²) >= 11 is 1.57. The predicted octanol–water partition coefficient (Wildman–Crippen LogP) is 1.76. The van der Waals surface area contributed by atoms with Crippen LogP contribution in [-0.4, -0.2) is 22.2 Å². The van der Waals surface area contributed by atoms with Crippen LogP contribution in [0.1, 0.15) is 28.8 Å². The molecular formula is C9H11NO3S. The third-order valence-corrected chi connectivity index (χ3v) is 3.21. The van der Waals surface area contributed by atoms with Gasteiger partial charge >= 0.3 is 5.97 Å². The smallest absolute Gasteiger partial charge is 0.332 e. The first kappa shape index (κ1) is 9.61. The number of nitrogens with zero attached hydrogens (tertiary/aromatic N) is 1. The van der Waals surface area contributed by atoms with Gasteiger partial charge in [0.2, 0.25) is 0 Å². The van der Waals surface area contributed by atoms with Crippen LogP contribution in [0.15, 0.2) is 6.20 Å². The van der Waals surface area contributed by atoms with Crippen LogP contribution in [0, 0.1) is 6.92 Å². The second-order valence-corrected chi connectivity index (χ2v) is 4.60. The normalized spacial score (nSPS) is 26.6. The Balaban J connectivity index is 2.05. The molecule has 2 atom stereocenters. The third kappa shape index (κ3) is 1.78. The van der Waals surface area contributed by atoms with E-state index in [-0.39, 0.29) is 6.10 Å². The summed E-state index contributed by atoms with van der Waals surface area (Å²) in [7, 11) is 0. The number of ether oxygens (including phenoxy) is 1. The molecule has 0 aliphatic carbocycles. The molecule has 4 nitrogen and oxygen atoms in total. The van der Waals surface area contributed by atoms with E-state index in [1.165, 1.54) is 0 Å². The summed E-state index contributed by atoms with van der Waals surface area (Å²) in [6.07, 6.45) is 2.36. The van der Waals surface area contributed by atoms with Crippen LogP contribution in [0.2, 0.25) is 0 Å². The molecule has 5 heteroatoms. The van der Waals surface area contributed by atoms with Gasteiger partial charge < -0.3 is 9.84 Å². The average molecular weight is 213 g/mol. The van der Waals surface area contributed by atoms with E-state index in [0.29, 0.717) is 6.42 Å². The SMILES string of the molecule is Cc1cnc(C2CCC(C(=O)O)O2)s1. The first-order valence-corrected chi connectivity index (χ1v) is 5.29. The van der Waals surface area contributed by atoms with Crippen LogP contribution in [0.4, 0.5) is 0 Å². The standard InChI is InChI=1S/C9H11NO3S/c1-5-4-10-8(14-5)6-2-3-7(13-6)9(11)12/h4,6-7H,2-3H2,1H3,(H,11,12). The molecule has 1 saturated heterocycles. The zero-order chi connectivity index (χ0) is 10.1. The van der Waals surface area contributed by atoms with Crippen molar-refractivity contribution in [1.82, 2.24) is 4.98 Å². The summed E-state index contributed by atoms with van der Waals surface area (Å²) < 4.78 is 5.37. The average Bonchev–Trinajstić information content (AvgIpc) is 2.70. The Morgan fingerprint density at radius 2 is 2.50 bits per heavy atom. The molecule has 0 radical (unpaired) electrons. The summed E-state index contributed by atoms with van der Waals surface area (Å²) in [6.45, 7) is 1.98. The maximum atomic E-state index is 10.6. The van der Waals surface area contributed by atoms with Gasteiger partial charge in [0.15, 0.2) is 6.10 Å². The van der Waals surface area contributed by atoms with Gasteiger partial charge in [-0.3, -0.25) is 0 Å². The largest absolute Gasteiger partial charge is 0.479 e. The van der Waals surface area contributed by atoms with Gasteiger partial charge in [0.25, 0.3) is 0 Å². The number of carboxylic acids is 1. The number of hydrogen-bond donors (Lipinski definition) is 1. The maximum absolute atomic E-state index is 10.6. The molecule has 1 aromatic rings. The number of carbonyl (C=O) groups is 1. The lowest BCUT2D eigenvalue weighted by atomic mass is 10.2. The summed E-state index contributed by atoms with van der Waals surface area (Å²) in [4.78, 5) is 16.0. The van der Waals surface area contributed by atoms with Crippen molar-refractivity contribution in [1.29, 1.82) is 0 Å². The number of thiazole rings is 1. The number of carboxylic acid groups (broad SMARTS) is 1. The molecule has 0 saturated carbocycles. The lowest BCUT2D eigenvalue weighted by molar-refractivity contribution is -0.149. The molecule has 1 N–H and O–H groups in total. The maximum Gasteiger partial charge on any atom is 0.332 e. The molecule has 1 aliphatic rings. The number of aryl methyl sites for hydroxylation is 1. The van der Waals surface area contributed by atoms with Crippen LogP contribution in [0.5, 0.6) is 0 Å². The van der Waals surface area contributed by atoms with E-state index in [0.717, 1.165) is 16.3 Å². The summed E-state index contributed by atoms with van der Waals surface area (Å²) in [5.74, 6) is -0.874. The van der Waals surface area contributed by atoms with Gasteiger partial charge in [0.1, 0.15) is 11.1 Å². The van der Waals surface area contributed by atoms with Crippen LogP contribution >= 0.6 is 11.3 Å². The molecule has 2 heterocycles. The molecule has 2 rings (SSSR count). The van der Waals surface area contributed by atoms with E-state index in [9.17, 15) is 4.79 Å². The Morgan fingerprint density at radius 1 is 1.71 bits per heavy atom. The van der Waals surface area contributed by atoms with E-state index in [4.69, 9.17) is 9.84 Å². The van der Waals surface area contributed by atoms with Crippen LogP contribution < -0.4 is 0 Å². The van der Waals surface area contributed by atoms with Gasteiger partial charge in [0.05, 0.1) is 0 Å².